The molecule has 0 fully saturated rings. The van der Waals surface area contributed by atoms with Crippen LogP contribution in [0.25, 0.3) is 0 Å². The highest BCUT2D eigenvalue weighted by atomic mass is 32.2. The Bertz CT molecular complexity index is 127. The molecule has 0 heterocycles. The minimum absolute atomic E-state index is 0.127. The lowest BCUT2D eigenvalue weighted by Gasteiger charge is -2.15. The largest absolute Gasteiger partial charge is 0.321 e. The Kier molecular flexibility index (Phi) is 5.60. The molecule has 0 aromatic heterocycles. The fourth-order valence-electron chi connectivity index (χ4n) is 0.725. The molecule has 0 aliphatic carbocycles. The molecular weight excluding hydrogens is 158 g/mol. The molecule has 0 radical (unpaired) electrons. The summed E-state index contributed by atoms with van der Waals surface area (Å²) in [5.74, 6) is 1.13. The Labute approximate surface area is 72.9 Å². The second-order valence-electron chi connectivity index (χ2n) is 2.66. The lowest BCUT2D eigenvalue weighted by molar-refractivity contribution is -0.113. The molecule has 0 saturated carbocycles. The monoisotopic (exact) mass is 175 g/mol. The van der Waals surface area contributed by atoms with Gasteiger partial charge in [-0.2, -0.15) is 0 Å². The highest BCUT2D eigenvalue weighted by molar-refractivity contribution is 8.13. The van der Waals surface area contributed by atoms with Gasteiger partial charge in [0.25, 0.3) is 0 Å². The van der Waals surface area contributed by atoms with Gasteiger partial charge >= 0.3 is 0 Å². The summed E-state index contributed by atoms with van der Waals surface area (Å²) in [4.78, 5) is 11.2. The van der Waals surface area contributed by atoms with Crippen molar-refractivity contribution in [3.63, 3.8) is 0 Å². The number of hydrogen-bond acceptors (Lipinski definition) is 3. The summed E-state index contributed by atoms with van der Waals surface area (Å²) < 4.78 is 0. The van der Waals surface area contributed by atoms with E-state index in [1.165, 1.54) is 11.8 Å². The average Bonchev–Trinajstić information content (AvgIpc) is 2.02. The molecule has 0 unspecified atom stereocenters. The van der Waals surface area contributed by atoms with Crippen LogP contribution in [-0.4, -0.2) is 16.9 Å². The second kappa shape index (κ2) is 5.61. The maximum Gasteiger partial charge on any atom is 0.205 e. The van der Waals surface area contributed by atoms with Gasteiger partial charge in [-0.15, -0.1) is 0 Å². The van der Waals surface area contributed by atoms with Gasteiger partial charge in [-0.25, -0.2) is 0 Å². The van der Waals surface area contributed by atoms with Crippen LogP contribution in [0.2, 0.25) is 0 Å². The number of carbonyl (C=O) groups excluding carboxylic acids is 1. The molecule has 0 saturated heterocycles. The molecule has 2 nitrogen and oxygen atoms in total. The predicted octanol–water partition coefficient (Wildman–Crippen LogP) is 1.64. The van der Waals surface area contributed by atoms with Crippen molar-refractivity contribution in [2.75, 3.05) is 5.75 Å². The highest BCUT2D eigenvalue weighted by Gasteiger charge is 2.18. The fourth-order valence-corrected chi connectivity index (χ4v) is 1.43. The van der Waals surface area contributed by atoms with Gasteiger partial charge in [-0.3, -0.25) is 4.79 Å². The van der Waals surface area contributed by atoms with Gasteiger partial charge in [-0.1, -0.05) is 39.0 Å². The lowest BCUT2D eigenvalue weighted by Crippen LogP contribution is -2.34. The van der Waals surface area contributed by atoms with Gasteiger partial charge in [0.15, 0.2) is 0 Å². The second-order valence-corrected chi connectivity index (χ2v) is 3.93. The van der Waals surface area contributed by atoms with Crippen molar-refractivity contribution in [3.8, 4) is 0 Å². The van der Waals surface area contributed by atoms with E-state index in [0.29, 0.717) is 5.92 Å². The Hall–Kier alpha value is -0.0200. The molecule has 0 rings (SSSR count). The summed E-state index contributed by atoms with van der Waals surface area (Å²) in [5, 5.41) is 0.127. The minimum atomic E-state index is -0.273. The fraction of sp³-hybridized carbons (Fsp3) is 0.875. The number of rotatable bonds is 4. The van der Waals surface area contributed by atoms with E-state index in [-0.39, 0.29) is 11.2 Å². The normalized spacial score (nSPS) is 16.0. The van der Waals surface area contributed by atoms with Gasteiger partial charge in [0.1, 0.15) is 0 Å². The van der Waals surface area contributed by atoms with Crippen LogP contribution in [0, 0.1) is 5.92 Å². The van der Waals surface area contributed by atoms with E-state index in [4.69, 9.17) is 5.73 Å². The van der Waals surface area contributed by atoms with Crippen molar-refractivity contribution in [3.05, 3.63) is 0 Å². The smallest absolute Gasteiger partial charge is 0.205 e. The van der Waals surface area contributed by atoms with Gasteiger partial charge in [0.2, 0.25) is 5.12 Å². The molecule has 0 aliphatic rings. The summed E-state index contributed by atoms with van der Waals surface area (Å²) in [7, 11) is 0. The third-order valence-corrected chi connectivity index (χ3v) is 2.66. The van der Waals surface area contributed by atoms with E-state index in [1.807, 2.05) is 13.8 Å². The molecule has 2 N–H and O–H groups in total. The maximum absolute atomic E-state index is 11.2. The van der Waals surface area contributed by atoms with Gasteiger partial charge < -0.3 is 5.73 Å². The van der Waals surface area contributed by atoms with E-state index in [0.717, 1.165) is 12.2 Å². The van der Waals surface area contributed by atoms with Crippen LogP contribution in [0.1, 0.15) is 27.2 Å². The number of nitrogens with two attached hydrogens (primary N) is 1. The Morgan fingerprint density at radius 3 is 2.45 bits per heavy atom. The summed E-state index contributed by atoms with van der Waals surface area (Å²) in [6, 6.07) is -0.273. The molecule has 2 atom stereocenters. The summed E-state index contributed by atoms with van der Waals surface area (Å²) in [5.41, 5.74) is 5.69. The first-order chi connectivity index (χ1) is 5.13. The molecule has 0 aliphatic heterocycles. The Morgan fingerprint density at radius 1 is 1.55 bits per heavy atom. The van der Waals surface area contributed by atoms with Gasteiger partial charge in [0.05, 0.1) is 6.04 Å². The zero-order chi connectivity index (χ0) is 8.85. The summed E-state index contributed by atoms with van der Waals surface area (Å²) >= 11 is 1.32. The van der Waals surface area contributed by atoms with Gasteiger partial charge in [0, 0.05) is 0 Å². The SMILES string of the molecule is CCSC(=O)[C@@H](N)[C@@H](C)CC. The Balaban J connectivity index is 3.80. The Morgan fingerprint density at radius 2 is 2.09 bits per heavy atom. The van der Waals surface area contributed by atoms with Crippen LogP contribution in [0.5, 0.6) is 0 Å². The predicted molar refractivity (Wildman–Crippen MR) is 50.6 cm³/mol. The molecule has 0 bridgehead atoms. The number of hydrogen-bond donors (Lipinski definition) is 1. The van der Waals surface area contributed by atoms with E-state index in [2.05, 4.69) is 6.92 Å². The molecule has 0 spiro atoms. The molecule has 3 heteroatoms. The van der Waals surface area contributed by atoms with Crippen LogP contribution in [0.3, 0.4) is 0 Å². The molecule has 11 heavy (non-hydrogen) atoms. The first-order valence-electron chi connectivity index (χ1n) is 4.05. The van der Waals surface area contributed by atoms with Crippen molar-refractivity contribution in [2.24, 2.45) is 11.7 Å². The van der Waals surface area contributed by atoms with E-state index >= 15 is 0 Å². The van der Waals surface area contributed by atoms with Crippen molar-refractivity contribution < 1.29 is 4.79 Å². The average molecular weight is 175 g/mol. The topological polar surface area (TPSA) is 43.1 Å². The summed E-state index contributed by atoms with van der Waals surface area (Å²) in [6.07, 6.45) is 0.969. The van der Waals surface area contributed by atoms with Crippen LogP contribution in [0.4, 0.5) is 0 Å². The van der Waals surface area contributed by atoms with Crippen molar-refractivity contribution in [2.45, 2.75) is 33.2 Å². The molecule has 0 aromatic carbocycles. The maximum atomic E-state index is 11.2. The number of thioether (sulfide) groups is 1. The van der Waals surface area contributed by atoms with Crippen molar-refractivity contribution >= 4 is 16.9 Å². The van der Waals surface area contributed by atoms with Gasteiger partial charge in [-0.05, 0) is 11.7 Å². The third kappa shape index (κ3) is 3.77. The van der Waals surface area contributed by atoms with E-state index < -0.39 is 0 Å². The zero-order valence-corrected chi connectivity index (χ0v) is 8.28. The molecule has 66 valence electrons. The third-order valence-electron chi connectivity index (χ3n) is 1.82. The van der Waals surface area contributed by atoms with E-state index in [1.54, 1.807) is 0 Å². The lowest BCUT2D eigenvalue weighted by atomic mass is 10.0. The minimum Gasteiger partial charge on any atom is -0.321 e. The number of carbonyl (C=O) groups is 1. The first kappa shape index (κ1) is 11.0. The van der Waals surface area contributed by atoms with Crippen LogP contribution >= 0.6 is 11.8 Å². The van der Waals surface area contributed by atoms with Crippen molar-refractivity contribution in [1.82, 2.24) is 0 Å². The van der Waals surface area contributed by atoms with E-state index in [9.17, 15) is 4.79 Å². The summed E-state index contributed by atoms with van der Waals surface area (Å²) in [6.45, 7) is 6.03. The molecule has 0 amide bonds. The highest BCUT2D eigenvalue weighted by Crippen LogP contribution is 2.12. The van der Waals surface area contributed by atoms with Crippen LogP contribution < -0.4 is 5.73 Å². The van der Waals surface area contributed by atoms with Crippen LogP contribution in [0.15, 0.2) is 0 Å². The standard InChI is InChI=1S/C8H17NOS/c1-4-6(3)7(9)8(10)11-5-2/h6-7H,4-5,9H2,1-3H3/t6-,7-/m0/s1. The first-order valence-corrected chi connectivity index (χ1v) is 5.04. The molecule has 0 aromatic rings. The van der Waals surface area contributed by atoms with Crippen molar-refractivity contribution in [1.29, 1.82) is 0 Å². The quantitative estimate of drug-likeness (QED) is 0.706. The molecular formula is C8H17NOS. The zero-order valence-electron chi connectivity index (χ0n) is 7.46. The van der Waals surface area contributed by atoms with Crippen LogP contribution in [-0.2, 0) is 4.79 Å².